The molecule has 1 fully saturated rings. The topological polar surface area (TPSA) is 75.5 Å². The minimum Gasteiger partial charge on any atom is -0.481 e. The Labute approximate surface area is 125 Å². The normalized spacial score (nSPS) is 22.1. The van der Waals surface area contributed by atoms with E-state index in [1.165, 1.54) is 6.33 Å². The maximum Gasteiger partial charge on any atom is 0.311 e. The molecule has 6 nitrogen and oxygen atoms in total. The van der Waals surface area contributed by atoms with E-state index in [0.717, 1.165) is 37.2 Å². The molecule has 0 saturated carbocycles. The highest BCUT2D eigenvalue weighted by molar-refractivity contribution is 5.76. The van der Waals surface area contributed by atoms with Gasteiger partial charge in [0.25, 0.3) is 0 Å². The number of hydrogen-bond acceptors (Lipinski definition) is 5. The van der Waals surface area contributed by atoms with E-state index in [1.54, 1.807) is 7.11 Å². The lowest BCUT2D eigenvalue weighted by atomic mass is 9.76. The molecule has 1 aliphatic heterocycles. The smallest absolute Gasteiger partial charge is 0.311 e. The van der Waals surface area contributed by atoms with Crippen LogP contribution in [0.4, 0.5) is 5.82 Å². The van der Waals surface area contributed by atoms with Gasteiger partial charge in [0.2, 0.25) is 5.88 Å². The first kappa shape index (κ1) is 15.5. The summed E-state index contributed by atoms with van der Waals surface area (Å²) in [5.74, 6) is 0.623. The zero-order valence-corrected chi connectivity index (χ0v) is 12.9. The highest BCUT2D eigenvalue weighted by atomic mass is 16.5. The maximum absolute atomic E-state index is 11.8. The number of aliphatic carboxylic acids is 1. The number of carboxylic acid groups (broad SMARTS) is 1. The number of piperidine rings is 1. The minimum atomic E-state index is -0.701. The number of nitrogens with zero attached hydrogens (tertiary/aromatic N) is 3. The number of carboxylic acids is 1. The Kier molecular flexibility index (Phi) is 4.65. The number of anilines is 1. The molecule has 1 aliphatic rings. The third-order valence-electron chi connectivity index (χ3n) is 4.26. The molecule has 1 saturated heterocycles. The molecule has 1 aromatic heterocycles. The third-order valence-corrected chi connectivity index (χ3v) is 4.26. The fourth-order valence-electron chi connectivity index (χ4n) is 3.23. The van der Waals surface area contributed by atoms with E-state index in [9.17, 15) is 9.90 Å². The van der Waals surface area contributed by atoms with E-state index in [-0.39, 0.29) is 0 Å². The van der Waals surface area contributed by atoms with Gasteiger partial charge in [0.05, 0.1) is 18.1 Å². The van der Waals surface area contributed by atoms with Crippen LogP contribution in [0.15, 0.2) is 6.33 Å². The molecule has 2 heterocycles. The van der Waals surface area contributed by atoms with Crippen LogP contribution >= 0.6 is 0 Å². The predicted octanol–water partition coefficient (Wildman–Crippen LogP) is 2.26. The highest BCUT2D eigenvalue weighted by Crippen LogP contribution is 2.37. The molecule has 1 aromatic rings. The monoisotopic (exact) mass is 293 g/mol. The Morgan fingerprint density at radius 3 is 2.90 bits per heavy atom. The molecule has 0 spiro atoms. The minimum absolute atomic E-state index is 0.497. The molecule has 0 aromatic carbocycles. The second kappa shape index (κ2) is 6.28. The van der Waals surface area contributed by atoms with Gasteiger partial charge in [-0.3, -0.25) is 4.79 Å². The zero-order chi connectivity index (χ0) is 15.5. The Morgan fingerprint density at radius 1 is 1.52 bits per heavy atom. The van der Waals surface area contributed by atoms with E-state index >= 15 is 0 Å². The van der Waals surface area contributed by atoms with Gasteiger partial charge in [0.15, 0.2) is 0 Å². The lowest BCUT2D eigenvalue weighted by molar-refractivity contribution is -0.150. The highest BCUT2D eigenvalue weighted by Gasteiger charge is 2.42. The van der Waals surface area contributed by atoms with Gasteiger partial charge < -0.3 is 14.7 Å². The van der Waals surface area contributed by atoms with Crippen molar-refractivity contribution in [3.63, 3.8) is 0 Å². The van der Waals surface area contributed by atoms with Crippen molar-refractivity contribution < 1.29 is 14.6 Å². The molecule has 1 N–H and O–H groups in total. The largest absolute Gasteiger partial charge is 0.481 e. The number of aromatic nitrogens is 2. The van der Waals surface area contributed by atoms with Gasteiger partial charge in [-0.1, -0.05) is 13.3 Å². The van der Waals surface area contributed by atoms with Crippen LogP contribution in [0.25, 0.3) is 0 Å². The van der Waals surface area contributed by atoms with Crippen molar-refractivity contribution in [1.82, 2.24) is 9.97 Å². The molecule has 6 heteroatoms. The van der Waals surface area contributed by atoms with Crippen molar-refractivity contribution in [3.05, 3.63) is 11.9 Å². The van der Waals surface area contributed by atoms with Gasteiger partial charge in [0.1, 0.15) is 12.1 Å². The van der Waals surface area contributed by atoms with Crippen LogP contribution in [0.2, 0.25) is 0 Å². The second-order valence-corrected chi connectivity index (χ2v) is 5.69. The fourth-order valence-corrected chi connectivity index (χ4v) is 3.23. The molecular formula is C15H23N3O3. The second-order valence-electron chi connectivity index (χ2n) is 5.69. The van der Waals surface area contributed by atoms with Crippen LogP contribution in [0.1, 0.15) is 38.2 Å². The summed E-state index contributed by atoms with van der Waals surface area (Å²) in [7, 11) is 1.58. The Bertz CT molecular complexity index is 517. The third kappa shape index (κ3) is 2.94. The molecule has 21 heavy (non-hydrogen) atoms. The quantitative estimate of drug-likeness (QED) is 0.897. The van der Waals surface area contributed by atoms with Gasteiger partial charge in [-0.2, -0.15) is 0 Å². The number of ether oxygens (including phenoxy) is 1. The molecular weight excluding hydrogens is 270 g/mol. The Balaban J connectivity index is 2.31. The van der Waals surface area contributed by atoms with Gasteiger partial charge >= 0.3 is 5.97 Å². The van der Waals surface area contributed by atoms with Crippen LogP contribution in [0, 0.1) is 12.3 Å². The summed E-state index contributed by atoms with van der Waals surface area (Å²) in [5, 5.41) is 9.67. The van der Waals surface area contributed by atoms with Crippen molar-refractivity contribution in [2.24, 2.45) is 5.41 Å². The molecule has 0 bridgehead atoms. The molecule has 2 rings (SSSR count). The van der Waals surface area contributed by atoms with E-state index in [2.05, 4.69) is 14.9 Å². The predicted molar refractivity (Wildman–Crippen MR) is 79.7 cm³/mol. The molecule has 0 aliphatic carbocycles. The summed E-state index contributed by atoms with van der Waals surface area (Å²) in [6.45, 7) is 5.25. The summed E-state index contributed by atoms with van der Waals surface area (Å²) < 4.78 is 5.23. The number of methoxy groups -OCH3 is 1. The standard InChI is InChI=1S/C15H23N3O3/c1-4-6-15(14(19)20)7-5-8-18(9-15)12-11(2)13(21-3)17-10-16-12/h10H,4-9H2,1-3H3,(H,19,20). The average Bonchev–Trinajstić information content (AvgIpc) is 2.48. The van der Waals surface area contributed by atoms with Crippen LogP contribution < -0.4 is 9.64 Å². The van der Waals surface area contributed by atoms with Gasteiger partial charge in [-0.05, 0) is 26.2 Å². The Morgan fingerprint density at radius 2 is 2.29 bits per heavy atom. The summed E-state index contributed by atoms with van der Waals surface area (Å²) in [6.07, 6.45) is 4.62. The van der Waals surface area contributed by atoms with Crippen LogP contribution in [-0.4, -0.2) is 41.2 Å². The number of carbonyl (C=O) groups is 1. The summed E-state index contributed by atoms with van der Waals surface area (Å²) in [5.41, 5.74) is 0.190. The maximum atomic E-state index is 11.8. The van der Waals surface area contributed by atoms with Crippen molar-refractivity contribution in [2.75, 3.05) is 25.1 Å². The lowest BCUT2D eigenvalue weighted by Gasteiger charge is -2.41. The molecule has 0 radical (unpaired) electrons. The molecule has 1 atom stereocenters. The van der Waals surface area contributed by atoms with Crippen LogP contribution in [0.3, 0.4) is 0 Å². The summed E-state index contributed by atoms with van der Waals surface area (Å²) in [6, 6.07) is 0. The van der Waals surface area contributed by atoms with Crippen molar-refractivity contribution >= 4 is 11.8 Å². The van der Waals surface area contributed by atoms with Gasteiger partial charge in [-0.25, -0.2) is 9.97 Å². The van der Waals surface area contributed by atoms with Gasteiger partial charge in [-0.15, -0.1) is 0 Å². The van der Waals surface area contributed by atoms with E-state index < -0.39 is 11.4 Å². The van der Waals surface area contributed by atoms with Crippen molar-refractivity contribution in [2.45, 2.75) is 39.5 Å². The average molecular weight is 293 g/mol. The molecule has 0 amide bonds. The summed E-state index contributed by atoms with van der Waals surface area (Å²) in [4.78, 5) is 22.3. The van der Waals surface area contributed by atoms with E-state index in [4.69, 9.17) is 4.74 Å². The van der Waals surface area contributed by atoms with Crippen molar-refractivity contribution in [3.8, 4) is 5.88 Å². The first-order chi connectivity index (χ1) is 10.0. The molecule has 116 valence electrons. The van der Waals surface area contributed by atoms with Gasteiger partial charge in [0, 0.05) is 13.1 Å². The Hall–Kier alpha value is -1.85. The first-order valence-electron chi connectivity index (χ1n) is 7.38. The first-order valence-corrected chi connectivity index (χ1v) is 7.38. The number of hydrogen-bond donors (Lipinski definition) is 1. The molecule has 1 unspecified atom stereocenters. The van der Waals surface area contributed by atoms with E-state index in [0.29, 0.717) is 18.8 Å². The van der Waals surface area contributed by atoms with E-state index in [1.807, 2.05) is 13.8 Å². The fraction of sp³-hybridized carbons (Fsp3) is 0.667. The van der Waals surface area contributed by atoms with Crippen molar-refractivity contribution in [1.29, 1.82) is 0 Å². The number of rotatable bonds is 5. The van der Waals surface area contributed by atoms with Crippen LogP contribution in [-0.2, 0) is 4.79 Å². The van der Waals surface area contributed by atoms with Crippen LogP contribution in [0.5, 0.6) is 5.88 Å². The SMILES string of the molecule is CCCC1(C(=O)O)CCCN(c2ncnc(OC)c2C)C1. The lowest BCUT2D eigenvalue weighted by Crippen LogP contribution is -2.48. The summed E-state index contributed by atoms with van der Waals surface area (Å²) >= 11 is 0. The zero-order valence-electron chi connectivity index (χ0n) is 12.9.